The first kappa shape index (κ1) is 14.9. The van der Waals surface area contributed by atoms with Gasteiger partial charge >= 0.3 is 6.36 Å². The van der Waals surface area contributed by atoms with E-state index < -0.39 is 6.36 Å². The topological polar surface area (TPSA) is 93.0 Å². The van der Waals surface area contributed by atoms with Crippen molar-refractivity contribution in [1.29, 1.82) is 10.8 Å². The molecule has 21 heavy (non-hydrogen) atoms. The van der Waals surface area contributed by atoms with Gasteiger partial charge in [0.1, 0.15) is 5.75 Å². The number of ether oxygens (including phenoxy) is 1. The van der Waals surface area contributed by atoms with Gasteiger partial charge < -0.3 is 15.4 Å². The summed E-state index contributed by atoms with van der Waals surface area (Å²) in [6.07, 6.45) is -2.72. The summed E-state index contributed by atoms with van der Waals surface area (Å²) < 4.78 is 39.7. The van der Waals surface area contributed by atoms with Crippen molar-refractivity contribution in [3.05, 3.63) is 24.3 Å². The zero-order valence-corrected chi connectivity index (χ0v) is 10.8. The molecular weight excluding hydrogens is 287 g/mol. The number of rotatable bonds is 3. The van der Waals surface area contributed by atoms with Crippen molar-refractivity contribution in [2.75, 3.05) is 5.32 Å². The van der Waals surface area contributed by atoms with Gasteiger partial charge in [0.2, 0.25) is 0 Å². The lowest BCUT2D eigenvalue weighted by molar-refractivity contribution is -0.274. The van der Waals surface area contributed by atoms with Crippen molar-refractivity contribution in [3.63, 3.8) is 0 Å². The average Bonchev–Trinajstić information content (AvgIpc) is 3.13. The van der Waals surface area contributed by atoms with Gasteiger partial charge in [0.15, 0.2) is 11.9 Å². The van der Waals surface area contributed by atoms with Crippen molar-refractivity contribution in [1.82, 2.24) is 10.6 Å². The van der Waals surface area contributed by atoms with E-state index in [1.807, 2.05) is 0 Å². The summed E-state index contributed by atoms with van der Waals surface area (Å²) in [6.45, 7) is 0. The Bertz CT molecular complexity index is 525. The molecule has 9 heteroatoms. The minimum absolute atomic E-state index is 0.00650. The molecule has 0 atom stereocenters. The molecule has 1 aliphatic carbocycles. The van der Waals surface area contributed by atoms with E-state index in [9.17, 15) is 13.2 Å². The lowest BCUT2D eigenvalue weighted by Gasteiger charge is -2.13. The Kier molecular flexibility index (Phi) is 4.20. The molecule has 0 unspecified atom stereocenters. The Balaban J connectivity index is 1.81. The summed E-state index contributed by atoms with van der Waals surface area (Å²) in [5, 5.41) is 23.1. The predicted molar refractivity (Wildman–Crippen MR) is 71.5 cm³/mol. The van der Waals surface area contributed by atoms with Crippen LogP contribution in [-0.4, -0.2) is 24.3 Å². The highest BCUT2D eigenvalue weighted by Gasteiger charge is 2.30. The molecule has 0 saturated heterocycles. The van der Waals surface area contributed by atoms with Gasteiger partial charge in [-0.2, -0.15) is 0 Å². The summed E-state index contributed by atoms with van der Waals surface area (Å²) in [7, 11) is 0. The van der Waals surface area contributed by atoms with E-state index in [4.69, 9.17) is 10.8 Å². The molecule has 1 aromatic carbocycles. The van der Waals surface area contributed by atoms with Crippen LogP contribution in [0.2, 0.25) is 0 Å². The molecule has 2 rings (SSSR count). The van der Waals surface area contributed by atoms with Crippen LogP contribution in [-0.2, 0) is 0 Å². The first-order chi connectivity index (χ1) is 9.82. The van der Waals surface area contributed by atoms with Crippen LogP contribution in [0.4, 0.5) is 18.9 Å². The van der Waals surface area contributed by atoms with E-state index in [2.05, 4.69) is 20.7 Å². The zero-order valence-electron chi connectivity index (χ0n) is 10.8. The summed E-state index contributed by atoms with van der Waals surface area (Å²) in [5.41, 5.74) is 0.404. The predicted octanol–water partition coefficient (Wildman–Crippen LogP) is 2.21. The summed E-state index contributed by atoms with van der Waals surface area (Å²) in [6, 6.07) is 5.25. The smallest absolute Gasteiger partial charge is 0.406 e. The highest BCUT2D eigenvalue weighted by Crippen LogP contribution is 2.23. The van der Waals surface area contributed by atoms with Crippen molar-refractivity contribution < 1.29 is 17.9 Å². The minimum atomic E-state index is -4.73. The standard InChI is InChI=1S/C12H14F3N5O/c13-12(14,15)21-9-5-3-8(4-6-9)19-11(17)20-10(16)18-7-1-2-7/h3-7H,1-2H2,(H5,16,17,18,19,20). The van der Waals surface area contributed by atoms with E-state index in [0.717, 1.165) is 25.0 Å². The second kappa shape index (κ2) is 5.90. The van der Waals surface area contributed by atoms with Crippen LogP contribution < -0.4 is 20.7 Å². The van der Waals surface area contributed by atoms with Crippen molar-refractivity contribution in [2.45, 2.75) is 25.2 Å². The molecule has 5 N–H and O–H groups in total. The van der Waals surface area contributed by atoms with Gasteiger partial charge in [-0.05, 0) is 37.1 Å². The fourth-order valence-electron chi connectivity index (χ4n) is 1.51. The molecule has 114 valence electrons. The molecule has 0 amide bonds. The molecule has 1 fully saturated rings. The molecule has 0 spiro atoms. The third-order valence-corrected chi connectivity index (χ3v) is 2.53. The van der Waals surface area contributed by atoms with Crippen LogP contribution in [0, 0.1) is 10.8 Å². The van der Waals surface area contributed by atoms with Crippen LogP contribution >= 0.6 is 0 Å². The maximum absolute atomic E-state index is 12.0. The van der Waals surface area contributed by atoms with Gasteiger partial charge in [0.05, 0.1) is 0 Å². The monoisotopic (exact) mass is 301 g/mol. The van der Waals surface area contributed by atoms with Crippen LogP contribution in [0.3, 0.4) is 0 Å². The number of benzene rings is 1. The zero-order chi connectivity index (χ0) is 15.5. The number of nitrogens with one attached hydrogen (secondary N) is 5. The van der Waals surface area contributed by atoms with Gasteiger partial charge in [-0.3, -0.25) is 16.1 Å². The van der Waals surface area contributed by atoms with Gasteiger partial charge in [-0.15, -0.1) is 13.2 Å². The normalized spacial score (nSPS) is 14.2. The maximum Gasteiger partial charge on any atom is 0.573 e. The SMILES string of the molecule is N=C(NC(=N)NC1CC1)Nc1ccc(OC(F)(F)F)cc1. The van der Waals surface area contributed by atoms with Gasteiger partial charge in [0.25, 0.3) is 0 Å². The largest absolute Gasteiger partial charge is 0.573 e. The molecule has 0 radical (unpaired) electrons. The number of halogens is 3. The lowest BCUT2D eigenvalue weighted by atomic mass is 10.3. The van der Waals surface area contributed by atoms with E-state index in [0.29, 0.717) is 5.69 Å². The highest BCUT2D eigenvalue weighted by atomic mass is 19.4. The Hall–Kier alpha value is -2.45. The summed E-state index contributed by atoms with van der Waals surface area (Å²) >= 11 is 0. The van der Waals surface area contributed by atoms with Crippen molar-refractivity contribution in [3.8, 4) is 5.75 Å². The molecule has 0 heterocycles. The van der Waals surface area contributed by atoms with E-state index in [-0.39, 0.29) is 23.7 Å². The summed E-state index contributed by atoms with van der Waals surface area (Å²) in [4.78, 5) is 0. The van der Waals surface area contributed by atoms with Crippen molar-refractivity contribution in [2.24, 2.45) is 0 Å². The fourth-order valence-corrected chi connectivity index (χ4v) is 1.51. The van der Waals surface area contributed by atoms with Crippen LogP contribution in [0.5, 0.6) is 5.75 Å². The number of hydrogen-bond acceptors (Lipinski definition) is 3. The highest BCUT2D eigenvalue weighted by molar-refractivity contribution is 6.02. The first-order valence-electron chi connectivity index (χ1n) is 6.15. The summed E-state index contributed by atoms with van der Waals surface area (Å²) in [5.74, 6) is -0.486. The Labute approximate surface area is 118 Å². The molecule has 0 bridgehead atoms. The van der Waals surface area contributed by atoms with Crippen molar-refractivity contribution >= 4 is 17.6 Å². The van der Waals surface area contributed by atoms with Gasteiger partial charge in [-0.25, -0.2) is 0 Å². The second-order valence-electron chi connectivity index (χ2n) is 4.49. The lowest BCUT2D eigenvalue weighted by Crippen LogP contribution is -2.43. The van der Waals surface area contributed by atoms with Crippen LogP contribution in [0.25, 0.3) is 0 Å². The third kappa shape index (κ3) is 5.59. The van der Waals surface area contributed by atoms with Crippen LogP contribution in [0.15, 0.2) is 24.3 Å². The molecule has 0 aliphatic heterocycles. The maximum atomic E-state index is 12.0. The first-order valence-corrected chi connectivity index (χ1v) is 6.15. The molecule has 1 aromatic rings. The second-order valence-corrected chi connectivity index (χ2v) is 4.49. The third-order valence-electron chi connectivity index (χ3n) is 2.53. The molecule has 1 saturated carbocycles. The van der Waals surface area contributed by atoms with E-state index in [1.54, 1.807) is 0 Å². The average molecular weight is 301 g/mol. The van der Waals surface area contributed by atoms with E-state index >= 15 is 0 Å². The van der Waals surface area contributed by atoms with Gasteiger partial charge in [0, 0.05) is 11.7 Å². The minimum Gasteiger partial charge on any atom is -0.406 e. The van der Waals surface area contributed by atoms with Crippen LogP contribution in [0.1, 0.15) is 12.8 Å². The Morgan fingerprint density at radius 3 is 2.24 bits per heavy atom. The Morgan fingerprint density at radius 2 is 1.71 bits per heavy atom. The number of anilines is 1. The molecular formula is C12H14F3N5O. The van der Waals surface area contributed by atoms with E-state index in [1.165, 1.54) is 12.1 Å². The number of alkyl halides is 3. The number of hydrogen-bond donors (Lipinski definition) is 5. The molecule has 6 nitrogen and oxygen atoms in total. The fraction of sp³-hybridized carbons (Fsp3) is 0.333. The quantitative estimate of drug-likeness (QED) is 0.437. The Morgan fingerprint density at radius 1 is 1.10 bits per heavy atom. The van der Waals surface area contributed by atoms with Gasteiger partial charge in [-0.1, -0.05) is 0 Å². The molecule has 0 aromatic heterocycles. The molecule has 1 aliphatic rings. The number of guanidine groups is 2.